The van der Waals surface area contributed by atoms with Crippen LogP contribution in [0.3, 0.4) is 0 Å². The van der Waals surface area contributed by atoms with Gasteiger partial charge in [0.05, 0.1) is 0 Å². The predicted octanol–water partition coefficient (Wildman–Crippen LogP) is 3.29. The van der Waals surface area contributed by atoms with Crippen molar-refractivity contribution in [2.45, 2.75) is 71.9 Å². The molecule has 21 heavy (non-hydrogen) atoms. The summed E-state index contributed by atoms with van der Waals surface area (Å²) >= 11 is 0. The number of piperazine rings is 1. The van der Waals surface area contributed by atoms with Crippen LogP contribution in [0.15, 0.2) is 0 Å². The number of nitrogens with zero attached hydrogens (tertiary/aromatic N) is 1. The summed E-state index contributed by atoms with van der Waals surface area (Å²) in [5, 5.41) is 3.85. The first kappa shape index (κ1) is 17.2. The fraction of sp³-hybridized carbons (Fsp3) is 1.00. The van der Waals surface area contributed by atoms with Gasteiger partial charge in [-0.3, -0.25) is 4.90 Å². The van der Waals surface area contributed by atoms with Crippen molar-refractivity contribution in [2.24, 2.45) is 11.3 Å². The van der Waals surface area contributed by atoms with Gasteiger partial charge in [-0.15, -0.1) is 0 Å². The molecule has 1 unspecified atom stereocenters. The van der Waals surface area contributed by atoms with Crippen LogP contribution in [0.5, 0.6) is 0 Å². The van der Waals surface area contributed by atoms with Gasteiger partial charge in [-0.25, -0.2) is 0 Å². The fourth-order valence-corrected chi connectivity index (χ4v) is 3.94. The lowest BCUT2D eigenvalue weighted by atomic mass is 9.79. The third-order valence-electron chi connectivity index (χ3n) is 5.93. The summed E-state index contributed by atoms with van der Waals surface area (Å²) in [7, 11) is 0. The second-order valence-corrected chi connectivity index (χ2v) is 8.19. The topological polar surface area (TPSA) is 24.5 Å². The van der Waals surface area contributed by atoms with E-state index in [9.17, 15) is 0 Å². The van der Waals surface area contributed by atoms with Gasteiger partial charge in [0, 0.05) is 44.4 Å². The van der Waals surface area contributed by atoms with Gasteiger partial charge in [0.25, 0.3) is 0 Å². The maximum atomic E-state index is 5.54. The van der Waals surface area contributed by atoms with Crippen LogP contribution in [-0.4, -0.2) is 49.3 Å². The van der Waals surface area contributed by atoms with Crippen molar-refractivity contribution in [3.05, 3.63) is 0 Å². The Balaban J connectivity index is 2.08. The lowest BCUT2D eigenvalue weighted by molar-refractivity contribution is -0.0207. The summed E-state index contributed by atoms with van der Waals surface area (Å²) in [6.07, 6.45) is 4.98. The van der Waals surface area contributed by atoms with Gasteiger partial charge < -0.3 is 10.1 Å². The quantitative estimate of drug-likeness (QED) is 0.861. The molecule has 0 aromatic heterocycles. The molecule has 124 valence electrons. The van der Waals surface area contributed by atoms with E-state index < -0.39 is 0 Å². The van der Waals surface area contributed by atoms with E-state index >= 15 is 0 Å². The number of nitrogens with one attached hydrogen (secondary N) is 1. The molecule has 2 fully saturated rings. The molecule has 0 bridgehead atoms. The second kappa shape index (κ2) is 6.97. The molecule has 0 spiro atoms. The minimum absolute atomic E-state index is 0.335. The highest BCUT2D eigenvalue weighted by Gasteiger charge is 2.42. The van der Waals surface area contributed by atoms with E-state index in [2.05, 4.69) is 44.8 Å². The molecule has 0 aromatic rings. The standard InChI is InChI=1S/C18H36N2O/c1-6-18(7-2)14-19-16(17(3,4)5)13-20(18)12-15-8-10-21-11-9-15/h15-16,19H,6-14H2,1-5H3. The first-order valence-corrected chi connectivity index (χ1v) is 8.97. The number of rotatable bonds is 4. The average molecular weight is 296 g/mol. The Hall–Kier alpha value is -0.120. The van der Waals surface area contributed by atoms with Crippen molar-refractivity contribution < 1.29 is 4.74 Å². The summed E-state index contributed by atoms with van der Waals surface area (Å²) in [5.74, 6) is 0.829. The summed E-state index contributed by atoms with van der Waals surface area (Å²) in [6.45, 7) is 17.3. The monoisotopic (exact) mass is 296 g/mol. The van der Waals surface area contributed by atoms with Gasteiger partial charge in [0.1, 0.15) is 0 Å². The molecule has 2 saturated heterocycles. The molecule has 0 amide bonds. The van der Waals surface area contributed by atoms with E-state index in [1.807, 2.05) is 0 Å². The Morgan fingerprint density at radius 3 is 2.29 bits per heavy atom. The molecule has 2 aliphatic rings. The third kappa shape index (κ3) is 4.00. The van der Waals surface area contributed by atoms with E-state index in [0.29, 0.717) is 17.0 Å². The number of ether oxygens (including phenoxy) is 1. The van der Waals surface area contributed by atoms with E-state index in [0.717, 1.165) is 25.7 Å². The SMILES string of the molecule is CCC1(CC)CNC(C(C)(C)C)CN1CC1CCOCC1. The molecule has 2 rings (SSSR count). The Morgan fingerprint density at radius 1 is 1.14 bits per heavy atom. The molecular weight excluding hydrogens is 260 g/mol. The van der Waals surface area contributed by atoms with Crippen molar-refractivity contribution in [3.8, 4) is 0 Å². The average Bonchev–Trinajstić information content (AvgIpc) is 2.47. The molecule has 0 aromatic carbocycles. The maximum absolute atomic E-state index is 5.54. The second-order valence-electron chi connectivity index (χ2n) is 8.19. The zero-order valence-corrected chi connectivity index (χ0v) is 14.9. The molecular formula is C18H36N2O. The van der Waals surface area contributed by atoms with Crippen LogP contribution in [-0.2, 0) is 4.74 Å². The molecule has 2 heterocycles. The lowest BCUT2D eigenvalue weighted by Crippen LogP contribution is -2.67. The van der Waals surface area contributed by atoms with Crippen LogP contribution in [0.2, 0.25) is 0 Å². The highest BCUT2D eigenvalue weighted by atomic mass is 16.5. The van der Waals surface area contributed by atoms with Gasteiger partial charge in [0.2, 0.25) is 0 Å². The van der Waals surface area contributed by atoms with Crippen molar-refractivity contribution in [1.29, 1.82) is 0 Å². The molecule has 1 N–H and O–H groups in total. The van der Waals surface area contributed by atoms with Gasteiger partial charge in [-0.1, -0.05) is 34.6 Å². The highest BCUT2D eigenvalue weighted by molar-refractivity contribution is 5.00. The largest absolute Gasteiger partial charge is 0.381 e. The summed E-state index contributed by atoms with van der Waals surface area (Å²) in [5.41, 5.74) is 0.696. The van der Waals surface area contributed by atoms with Crippen molar-refractivity contribution in [2.75, 3.05) is 32.8 Å². The van der Waals surface area contributed by atoms with Gasteiger partial charge in [-0.2, -0.15) is 0 Å². The third-order valence-corrected chi connectivity index (χ3v) is 5.93. The number of hydrogen-bond donors (Lipinski definition) is 1. The Labute approximate surface area is 131 Å². The summed E-state index contributed by atoms with van der Waals surface area (Å²) in [6, 6.07) is 0.601. The minimum atomic E-state index is 0.335. The molecule has 0 saturated carbocycles. The van der Waals surface area contributed by atoms with Gasteiger partial charge in [0.15, 0.2) is 0 Å². The van der Waals surface area contributed by atoms with Crippen LogP contribution in [0, 0.1) is 11.3 Å². The summed E-state index contributed by atoms with van der Waals surface area (Å²) < 4.78 is 5.54. The molecule has 1 atom stereocenters. The van der Waals surface area contributed by atoms with E-state index in [4.69, 9.17) is 4.74 Å². The predicted molar refractivity (Wildman–Crippen MR) is 89.7 cm³/mol. The van der Waals surface area contributed by atoms with E-state index in [1.54, 1.807) is 0 Å². The first-order valence-electron chi connectivity index (χ1n) is 8.97. The van der Waals surface area contributed by atoms with Crippen LogP contribution < -0.4 is 5.32 Å². The minimum Gasteiger partial charge on any atom is -0.381 e. The van der Waals surface area contributed by atoms with Crippen molar-refractivity contribution in [1.82, 2.24) is 10.2 Å². The molecule has 0 aliphatic carbocycles. The maximum Gasteiger partial charge on any atom is 0.0469 e. The van der Waals surface area contributed by atoms with Crippen LogP contribution in [0.25, 0.3) is 0 Å². The van der Waals surface area contributed by atoms with Crippen LogP contribution in [0.4, 0.5) is 0 Å². The Morgan fingerprint density at radius 2 is 1.76 bits per heavy atom. The van der Waals surface area contributed by atoms with Crippen LogP contribution >= 0.6 is 0 Å². The fourth-order valence-electron chi connectivity index (χ4n) is 3.94. The molecule has 0 radical (unpaired) electrons. The van der Waals surface area contributed by atoms with Gasteiger partial charge in [-0.05, 0) is 37.0 Å². The highest BCUT2D eigenvalue weighted by Crippen LogP contribution is 2.33. The smallest absolute Gasteiger partial charge is 0.0469 e. The Bertz CT molecular complexity index is 314. The summed E-state index contributed by atoms with van der Waals surface area (Å²) in [4.78, 5) is 2.83. The van der Waals surface area contributed by atoms with E-state index in [1.165, 1.54) is 38.8 Å². The first-order chi connectivity index (χ1) is 9.91. The molecule has 3 nitrogen and oxygen atoms in total. The molecule has 3 heteroatoms. The normalized spacial score (nSPS) is 28.7. The van der Waals surface area contributed by atoms with Gasteiger partial charge >= 0.3 is 0 Å². The van der Waals surface area contributed by atoms with E-state index in [-0.39, 0.29) is 0 Å². The van der Waals surface area contributed by atoms with Crippen LogP contribution in [0.1, 0.15) is 60.3 Å². The Kier molecular flexibility index (Phi) is 5.72. The number of hydrogen-bond acceptors (Lipinski definition) is 3. The zero-order valence-electron chi connectivity index (χ0n) is 14.9. The molecule has 2 aliphatic heterocycles. The lowest BCUT2D eigenvalue weighted by Gasteiger charge is -2.53. The zero-order chi connectivity index (χ0) is 15.5. The van der Waals surface area contributed by atoms with Crippen molar-refractivity contribution >= 4 is 0 Å². The van der Waals surface area contributed by atoms with Crippen molar-refractivity contribution in [3.63, 3.8) is 0 Å².